The molecule has 0 aliphatic rings. The predicted molar refractivity (Wildman–Crippen MR) is 253 cm³/mol. The van der Waals surface area contributed by atoms with Gasteiger partial charge in [-0.15, -0.1) is 0 Å². The molecule has 11 aromatic rings. The first-order valence-corrected chi connectivity index (χ1v) is 20.5. The molecule has 0 aliphatic carbocycles. The molecule has 0 aliphatic heterocycles. The Morgan fingerprint density at radius 3 is 1.32 bits per heavy atom. The molecule has 0 bridgehead atoms. The molecule has 2 heteroatoms. The Kier molecular flexibility index (Phi) is 8.87. The molecule has 1 aromatic heterocycles. The Balaban J connectivity index is 0.947. The minimum atomic E-state index is 0.877. The lowest BCUT2D eigenvalue weighted by Crippen LogP contribution is -2.10. The monoisotopic (exact) mass is 765 g/mol. The Morgan fingerprint density at radius 1 is 0.283 bits per heavy atom. The van der Waals surface area contributed by atoms with Crippen LogP contribution in [0.2, 0.25) is 0 Å². The van der Waals surface area contributed by atoms with Gasteiger partial charge in [-0.1, -0.05) is 194 Å². The number of hydrogen-bond acceptors (Lipinski definition) is 2. The zero-order valence-corrected chi connectivity index (χ0v) is 32.9. The summed E-state index contributed by atoms with van der Waals surface area (Å²) >= 11 is 0. The first kappa shape index (κ1) is 35.2. The second kappa shape index (κ2) is 15.1. The number of rotatable bonds is 8. The first-order chi connectivity index (χ1) is 29.7. The van der Waals surface area contributed by atoms with Crippen LogP contribution >= 0.6 is 0 Å². The van der Waals surface area contributed by atoms with Crippen LogP contribution in [0.25, 0.3) is 88.3 Å². The lowest BCUT2D eigenvalue weighted by molar-refractivity contribution is 0.632. The topological polar surface area (TPSA) is 16.4 Å². The van der Waals surface area contributed by atoms with E-state index in [0.29, 0.717) is 0 Å². The third kappa shape index (κ3) is 6.51. The number of para-hydroxylation sites is 1. The van der Waals surface area contributed by atoms with Crippen molar-refractivity contribution in [3.05, 3.63) is 237 Å². The maximum Gasteiger partial charge on any atom is 0.136 e. The summed E-state index contributed by atoms with van der Waals surface area (Å²) in [5.74, 6) is 0.877. The fourth-order valence-electron chi connectivity index (χ4n) is 8.64. The van der Waals surface area contributed by atoms with Gasteiger partial charge in [0.25, 0.3) is 0 Å². The van der Waals surface area contributed by atoms with Crippen molar-refractivity contribution < 1.29 is 4.42 Å². The summed E-state index contributed by atoms with van der Waals surface area (Å²) in [6.07, 6.45) is 0. The van der Waals surface area contributed by atoms with Crippen molar-refractivity contribution in [3.8, 4) is 55.8 Å². The molecule has 60 heavy (non-hydrogen) atoms. The van der Waals surface area contributed by atoms with Crippen LogP contribution in [-0.2, 0) is 0 Å². The molecule has 0 saturated heterocycles. The Hall–Kier alpha value is -7.94. The lowest BCUT2D eigenvalue weighted by atomic mass is 9.95. The van der Waals surface area contributed by atoms with E-state index in [1.807, 2.05) is 18.2 Å². The molecule has 0 amide bonds. The van der Waals surface area contributed by atoms with E-state index in [0.717, 1.165) is 61.6 Å². The van der Waals surface area contributed by atoms with Crippen molar-refractivity contribution in [2.24, 2.45) is 0 Å². The summed E-state index contributed by atoms with van der Waals surface area (Å²) in [7, 11) is 0. The Labute approximate surface area is 349 Å². The number of fused-ring (bicyclic) bond motifs is 4. The summed E-state index contributed by atoms with van der Waals surface area (Å²) in [5.41, 5.74) is 14.7. The molecule has 282 valence electrons. The van der Waals surface area contributed by atoms with Gasteiger partial charge in [0.05, 0.1) is 5.69 Å². The summed E-state index contributed by atoms with van der Waals surface area (Å²) < 4.78 is 6.29. The third-order valence-electron chi connectivity index (χ3n) is 11.7. The van der Waals surface area contributed by atoms with Crippen LogP contribution in [0, 0.1) is 0 Å². The highest BCUT2D eigenvalue weighted by Gasteiger charge is 2.18. The zero-order valence-electron chi connectivity index (χ0n) is 32.9. The van der Waals surface area contributed by atoms with Crippen LogP contribution < -0.4 is 4.90 Å². The molecule has 0 saturated carbocycles. The van der Waals surface area contributed by atoms with Crippen LogP contribution in [0.15, 0.2) is 241 Å². The van der Waals surface area contributed by atoms with Gasteiger partial charge in [-0.2, -0.15) is 0 Å². The molecule has 11 rings (SSSR count). The largest absolute Gasteiger partial charge is 0.456 e. The molecule has 0 unspecified atom stereocenters. The van der Waals surface area contributed by atoms with E-state index in [2.05, 4.69) is 223 Å². The van der Waals surface area contributed by atoms with E-state index in [4.69, 9.17) is 4.42 Å². The number of anilines is 3. The smallest absolute Gasteiger partial charge is 0.136 e. The van der Waals surface area contributed by atoms with Crippen molar-refractivity contribution in [3.63, 3.8) is 0 Å². The van der Waals surface area contributed by atoms with Crippen molar-refractivity contribution in [2.75, 3.05) is 4.90 Å². The van der Waals surface area contributed by atoms with Crippen LogP contribution in [0.3, 0.4) is 0 Å². The standard InChI is InChI=1S/C58H39NO/c1-2-12-40(13-3-1)41-22-24-42(25-23-41)44-30-34-49(35-31-44)59(56-38-47-14-4-6-17-52(47)53-18-8-9-19-54(53)56)50-36-32-45(33-37-50)43-26-28-46(29-27-43)51-16-7-10-20-55(51)58-39-48-15-5-11-21-57(48)60-58/h1-39H. The highest BCUT2D eigenvalue weighted by Crippen LogP contribution is 2.43. The molecule has 0 fully saturated rings. The van der Waals surface area contributed by atoms with Gasteiger partial charge in [-0.25, -0.2) is 0 Å². The van der Waals surface area contributed by atoms with Crippen LogP contribution in [0.4, 0.5) is 17.1 Å². The van der Waals surface area contributed by atoms with E-state index in [-0.39, 0.29) is 0 Å². The molecule has 0 radical (unpaired) electrons. The second-order valence-corrected chi connectivity index (χ2v) is 15.3. The molecule has 0 atom stereocenters. The first-order valence-electron chi connectivity index (χ1n) is 20.5. The van der Waals surface area contributed by atoms with E-state index < -0.39 is 0 Å². The van der Waals surface area contributed by atoms with Gasteiger partial charge in [0.2, 0.25) is 0 Å². The molecular weight excluding hydrogens is 727 g/mol. The average molecular weight is 766 g/mol. The summed E-state index contributed by atoms with van der Waals surface area (Å²) in [4.78, 5) is 2.40. The molecule has 1 heterocycles. The summed E-state index contributed by atoms with van der Waals surface area (Å²) in [5, 5.41) is 6.02. The van der Waals surface area contributed by atoms with E-state index in [1.54, 1.807) is 0 Å². The average Bonchev–Trinajstić information content (AvgIpc) is 3.77. The van der Waals surface area contributed by atoms with Crippen LogP contribution in [0.1, 0.15) is 0 Å². The SMILES string of the molecule is c1ccc(-c2ccc(-c3ccc(N(c4ccc(-c5ccc(-c6ccccc6-c6cc7ccccc7o6)cc5)cc4)c4cc5ccccc5c5ccccc45)cc3)cc2)cc1. The van der Waals surface area contributed by atoms with Crippen molar-refractivity contribution in [1.82, 2.24) is 0 Å². The van der Waals surface area contributed by atoms with Gasteiger partial charge in [-0.05, 0) is 103 Å². The van der Waals surface area contributed by atoms with Crippen molar-refractivity contribution >= 4 is 49.6 Å². The molecule has 0 N–H and O–H groups in total. The van der Waals surface area contributed by atoms with Gasteiger partial charge in [0.15, 0.2) is 0 Å². The molecule has 2 nitrogen and oxygen atoms in total. The third-order valence-corrected chi connectivity index (χ3v) is 11.7. The lowest BCUT2D eigenvalue weighted by Gasteiger charge is -2.28. The normalized spacial score (nSPS) is 11.3. The fourth-order valence-corrected chi connectivity index (χ4v) is 8.64. The van der Waals surface area contributed by atoms with Gasteiger partial charge < -0.3 is 9.32 Å². The maximum absolute atomic E-state index is 6.29. The molecule has 10 aromatic carbocycles. The van der Waals surface area contributed by atoms with E-state index in [9.17, 15) is 0 Å². The van der Waals surface area contributed by atoms with E-state index >= 15 is 0 Å². The summed E-state index contributed by atoms with van der Waals surface area (Å²) in [6.45, 7) is 0. The highest BCUT2D eigenvalue weighted by atomic mass is 16.3. The van der Waals surface area contributed by atoms with E-state index in [1.165, 1.54) is 43.8 Å². The number of furan rings is 1. The Morgan fingerprint density at radius 2 is 0.717 bits per heavy atom. The predicted octanol–water partition coefficient (Wildman–Crippen LogP) is 16.5. The van der Waals surface area contributed by atoms with Gasteiger partial charge >= 0.3 is 0 Å². The minimum Gasteiger partial charge on any atom is -0.456 e. The summed E-state index contributed by atoms with van der Waals surface area (Å²) in [6, 6.07) is 84.8. The van der Waals surface area contributed by atoms with Gasteiger partial charge in [-0.3, -0.25) is 0 Å². The number of nitrogens with zero attached hydrogens (tertiary/aromatic N) is 1. The highest BCUT2D eigenvalue weighted by molar-refractivity contribution is 6.14. The van der Waals surface area contributed by atoms with Crippen LogP contribution in [-0.4, -0.2) is 0 Å². The van der Waals surface area contributed by atoms with Crippen LogP contribution in [0.5, 0.6) is 0 Å². The Bertz CT molecular complexity index is 3240. The maximum atomic E-state index is 6.29. The number of benzene rings is 10. The van der Waals surface area contributed by atoms with Crippen molar-refractivity contribution in [1.29, 1.82) is 0 Å². The van der Waals surface area contributed by atoms with Gasteiger partial charge in [0.1, 0.15) is 11.3 Å². The minimum absolute atomic E-state index is 0.877. The van der Waals surface area contributed by atoms with Crippen molar-refractivity contribution in [2.45, 2.75) is 0 Å². The fraction of sp³-hybridized carbons (Fsp3) is 0. The van der Waals surface area contributed by atoms with Gasteiger partial charge in [0, 0.05) is 27.7 Å². The quantitative estimate of drug-likeness (QED) is 0.143. The molecular formula is C58H39NO. The zero-order chi connectivity index (χ0) is 39.8. The number of hydrogen-bond donors (Lipinski definition) is 0. The second-order valence-electron chi connectivity index (χ2n) is 15.3. The molecule has 0 spiro atoms.